The molecule has 0 N–H and O–H groups in total. The van der Waals surface area contributed by atoms with Gasteiger partial charge in [-0.2, -0.15) is 0 Å². The zero-order valence-corrected chi connectivity index (χ0v) is 67.9. The van der Waals surface area contributed by atoms with Crippen LogP contribution in [0.2, 0.25) is 0 Å². The molecule has 0 radical (unpaired) electrons. The van der Waals surface area contributed by atoms with Crippen LogP contribution in [0.3, 0.4) is 0 Å². The summed E-state index contributed by atoms with van der Waals surface area (Å²) in [5.41, 5.74) is 1.53. The largest absolute Gasteiger partial charge is 0.492 e. The topological polar surface area (TPSA) is 92.3 Å². The van der Waals surface area contributed by atoms with Crippen LogP contribution in [0.5, 0.6) is 57.5 Å². The summed E-state index contributed by atoms with van der Waals surface area (Å²) in [6.45, 7) is 32.9. The van der Waals surface area contributed by atoms with Crippen molar-refractivity contribution in [1.29, 1.82) is 0 Å². The number of hydrogen-bond acceptors (Lipinski definition) is 10. The number of rotatable bonds is 54. The van der Waals surface area contributed by atoms with Gasteiger partial charge < -0.3 is 47.4 Å². The maximum Gasteiger partial charge on any atom is 0.161 e. The second-order valence-corrected chi connectivity index (χ2v) is 29.6. The molecular weight excluding hydrogens is 1310 g/mol. The van der Waals surface area contributed by atoms with Gasteiger partial charge in [-0.05, 0) is 237 Å². The zero-order valence-electron chi connectivity index (χ0n) is 67.9. The molecule has 0 amide bonds. The van der Waals surface area contributed by atoms with Crippen LogP contribution in [0.1, 0.15) is 300 Å². The van der Waals surface area contributed by atoms with Gasteiger partial charge in [-0.15, -0.1) is 0 Å². The average Bonchev–Trinajstić information content (AvgIpc) is 0.733. The number of ether oxygens (including phenoxy) is 10. The van der Waals surface area contributed by atoms with Crippen molar-refractivity contribution in [2.24, 2.45) is 11.8 Å². The van der Waals surface area contributed by atoms with E-state index in [1.165, 1.54) is 0 Å². The molecule has 8 aromatic carbocycles. The summed E-state index contributed by atoms with van der Waals surface area (Å²) in [5, 5.41) is 12.5. The van der Waals surface area contributed by atoms with Crippen molar-refractivity contribution in [3.63, 3.8) is 0 Å². The Balaban J connectivity index is 1.43. The van der Waals surface area contributed by atoms with Gasteiger partial charge in [0.1, 0.15) is 11.5 Å². The Bertz CT molecular complexity index is 3820. The van der Waals surface area contributed by atoms with E-state index in [9.17, 15) is 0 Å². The molecule has 0 fully saturated rings. The van der Waals surface area contributed by atoms with E-state index in [1.54, 1.807) is 0 Å². The predicted molar refractivity (Wildman–Crippen MR) is 449 cm³/mol. The quantitative estimate of drug-likeness (QED) is 0.0208. The highest BCUT2D eigenvalue weighted by Gasteiger charge is 2.24. The van der Waals surface area contributed by atoms with Crippen LogP contribution in [-0.2, 0) is 0 Å². The van der Waals surface area contributed by atoms with Gasteiger partial charge in [0.25, 0.3) is 0 Å². The lowest BCUT2D eigenvalue weighted by Crippen LogP contribution is -2.12. The summed E-state index contributed by atoms with van der Waals surface area (Å²) >= 11 is 0. The summed E-state index contributed by atoms with van der Waals surface area (Å²) < 4.78 is 68.6. The van der Waals surface area contributed by atoms with Gasteiger partial charge in [-0.3, -0.25) is 0 Å². The highest BCUT2D eigenvalue weighted by atomic mass is 16.5. The van der Waals surface area contributed by atoms with E-state index < -0.39 is 0 Å². The molecule has 2 unspecified atom stereocenters. The molecule has 0 saturated heterocycles. The van der Waals surface area contributed by atoms with Crippen LogP contribution < -0.4 is 47.4 Å². The summed E-state index contributed by atoms with van der Waals surface area (Å²) in [6.07, 6.45) is 34.0. The third-order valence-corrected chi connectivity index (χ3v) is 20.9. The molecule has 8 aromatic rings. The fourth-order valence-electron chi connectivity index (χ4n) is 14.1. The van der Waals surface area contributed by atoms with E-state index in [4.69, 9.17) is 47.4 Å². The molecule has 0 saturated carbocycles. The molecule has 10 nitrogen and oxygen atoms in total. The molecule has 0 spiro atoms. The van der Waals surface area contributed by atoms with Crippen molar-refractivity contribution in [2.45, 2.75) is 289 Å². The summed E-state index contributed by atoms with van der Waals surface area (Å²) in [5.74, 6) is 22.4. The first-order chi connectivity index (χ1) is 52.1. The van der Waals surface area contributed by atoms with Crippen molar-refractivity contribution < 1.29 is 47.4 Å². The van der Waals surface area contributed by atoms with Crippen LogP contribution >= 0.6 is 0 Å². The molecule has 578 valence electrons. The van der Waals surface area contributed by atoms with Crippen molar-refractivity contribution in [1.82, 2.24) is 0 Å². The van der Waals surface area contributed by atoms with Crippen LogP contribution in [0, 0.1) is 35.5 Å². The predicted octanol–water partition coefficient (Wildman–Crippen LogP) is 27.8. The van der Waals surface area contributed by atoms with Crippen LogP contribution in [0.25, 0.3) is 64.6 Å². The molecule has 0 aliphatic rings. The Labute approximate surface area is 640 Å². The molecule has 0 bridgehead atoms. The van der Waals surface area contributed by atoms with E-state index in [-0.39, 0.29) is 0 Å². The minimum atomic E-state index is 0.376. The van der Waals surface area contributed by atoms with Crippen LogP contribution in [-0.4, -0.2) is 66.1 Å². The molecule has 2 atom stereocenters. The summed E-state index contributed by atoms with van der Waals surface area (Å²) in [4.78, 5) is 0. The fourth-order valence-corrected chi connectivity index (χ4v) is 14.1. The normalized spacial score (nSPS) is 12.0. The molecular formula is C96H134O10. The lowest BCUT2D eigenvalue weighted by Gasteiger charge is -2.21. The fraction of sp³-hybridized carbons (Fsp3) is 0.583. The monoisotopic (exact) mass is 1450 g/mol. The SMILES string of the molecule is CCCCCOc1cc2c3cc(C#CC#Cc4cc5c(cc4OCC(CC)CCCC)c4cc(OCCCCC)c(OCCCCC)cc4c4cc(OCCCCC)c(OCCCCC)cc54)c(OCC(CC)CCCC)cc3c3cc(OCCCCC)c(OCCCCC)cc3c2cc1OCCCCC. The summed E-state index contributed by atoms with van der Waals surface area (Å²) in [7, 11) is 0. The van der Waals surface area contributed by atoms with E-state index in [0.717, 1.165) is 339 Å². The van der Waals surface area contributed by atoms with Gasteiger partial charge in [0.05, 0.1) is 77.2 Å². The van der Waals surface area contributed by atoms with Crippen LogP contribution in [0.4, 0.5) is 0 Å². The maximum atomic E-state index is 7.17. The van der Waals surface area contributed by atoms with Gasteiger partial charge in [0.2, 0.25) is 0 Å². The second-order valence-electron chi connectivity index (χ2n) is 29.6. The van der Waals surface area contributed by atoms with Crippen molar-refractivity contribution in [3.8, 4) is 81.2 Å². The molecule has 0 heterocycles. The van der Waals surface area contributed by atoms with E-state index in [0.29, 0.717) is 77.9 Å². The third-order valence-electron chi connectivity index (χ3n) is 20.9. The highest BCUT2D eigenvalue weighted by molar-refractivity contribution is 6.28. The van der Waals surface area contributed by atoms with E-state index in [2.05, 4.69) is 180 Å². The molecule has 10 heteroatoms. The number of fused-ring (bicyclic) bond motifs is 12. The lowest BCUT2D eigenvalue weighted by atomic mass is 9.92. The van der Waals surface area contributed by atoms with Crippen molar-refractivity contribution in [2.75, 3.05) is 66.1 Å². The Hall–Kier alpha value is -7.56. The first-order valence-corrected chi connectivity index (χ1v) is 42.5. The van der Waals surface area contributed by atoms with Gasteiger partial charge >= 0.3 is 0 Å². The minimum Gasteiger partial charge on any atom is -0.492 e. The van der Waals surface area contributed by atoms with Crippen molar-refractivity contribution >= 4 is 64.6 Å². The van der Waals surface area contributed by atoms with Crippen LogP contribution in [0.15, 0.2) is 72.8 Å². The molecule has 106 heavy (non-hydrogen) atoms. The molecule has 8 rings (SSSR count). The Morgan fingerprint density at radius 3 is 0.566 bits per heavy atom. The zero-order chi connectivity index (χ0) is 75.1. The highest BCUT2D eigenvalue weighted by Crippen LogP contribution is 2.49. The molecule has 0 aliphatic heterocycles. The number of hydrogen-bond donors (Lipinski definition) is 0. The Kier molecular flexibility index (Phi) is 37.5. The average molecular weight is 1450 g/mol. The molecule has 0 aliphatic carbocycles. The standard InChI is InChI=1S/C96H134O10/c1-13-25-37-49-97-89-61-79-75-57-73(87(105-69-71(23-11)45-33-21-9)59-77(75)81-63-91(99-51-39-27-15-3)95(103-55-43-31-19-7)67-85(81)83(79)65-93(89)101-53-41-29-17-5)47-35-36-48-74-58-76-78(60-88(74)106-70-72(24-12)46-34-22-10)82-64-92(100-52-40-28-16-4)96(104-56-44-32-20-8)68-86(82)84-66-94(102-54-42-30-18-6)90(62-80(76)84)98-50-38-26-14-2/h57-68,71-72H,13-34,37-46,49-56,69-70H2,1-12H3. The smallest absolute Gasteiger partial charge is 0.161 e. The maximum absolute atomic E-state index is 7.17. The second kappa shape index (κ2) is 47.3. The number of unbranched alkanes of at least 4 members (excludes halogenated alkanes) is 18. The number of benzene rings is 8. The summed E-state index contributed by atoms with van der Waals surface area (Å²) in [6, 6.07) is 26.7. The van der Waals surface area contributed by atoms with E-state index >= 15 is 0 Å². The lowest BCUT2D eigenvalue weighted by molar-refractivity contribution is 0.233. The van der Waals surface area contributed by atoms with Gasteiger partial charge in [0.15, 0.2) is 46.0 Å². The Morgan fingerprint density at radius 1 is 0.208 bits per heavy atom. The van der Waals surface area contributed by atoms with Gasteiger partial charge in [0, 0.05) is 0 Å². The minimum absolute atomic E-state index is 0.376. The molecule has 0 aromatic heterocycles. The third kappa shape index (κ3) is 24.5. The first kappa shape index (κ1) is 84.1. The van der Waals surface area contributed by atoms with Gasteiger partial charge in [-0.1, -0.05) is 224 Å². The van der Waals surface area contributed by atoms with Gasteiger partial charge in [-0.25, -0.2) is 0 Å². The van der Waals surface area contributed by atoms with E-state index in [1.807, 2.05) is 0 Å². The first-order valence-electron chi connectivity index (χ1n) is 42.5. The Morgan fingerprint density at radius 2 is 0.387 bits per heavy atom. The van der Waals surface area contributed by atoms with Crippen molar-refractivity contribution in [3.05, 3.63) is 83.9 Å².